The average Bonchev–Trinajstić information content (AvgIpc) is 2.82. The van der Waals surface area contributed by atoms with Crippen molar-refractivity contribution in [2.24, 2.45) is 0 Å². The molecule has 0 saturated heterocycles. The first-order valence-electron chi connectivity index (χ1n) is 11.8. The van der Waals surface area contributed by atoms with Gasteiger partial charge in [-0.25, -0.2) is 4.98 Å². The third kappa shape index (κ3) is 6.21. The van der Waals surface area contributed by atoms with E-state index in [9.17, 15) is 9.90 Å². The lowest BCUT2D eigenvalue weighted by molar-refractivity contribution is 0.212. The molecule has 1 atom stereocenters. The number of aromatic amines is 1. The standard InChI is InChI=1S/C26H36N6O2/c1-5-7-11-26(3,17-33)31-24-20-10-9-18(13-22(20)29-25(27)30-24)21-14-23(34)28-15-19(21)16-32(4)12-8-6-2/h6,9-10,13-15,33H,2,5,7-8,11-12,16-17H2,1,3-4H3,(H,28,34)(H3,27,29,30,31)/t26-/m1/s1. The maximum absolute atomic E-state index is 12.2. The molecule has 0 amide bonds. The number of nitrogen functional groups attached to an aromatic ring is 1. The normalized spacial score (nSPS) is 13.2. The highest BCUT2D eigenvalue weighted by Crippen LogP contribution is 2.31. The van der Waals surface area contributed by atoms with Gasteiger partial charge in [0.1, 0.15) is 5.82 Å². The number of nitrogens with two attached hydrogens (primary N) is 1. The Morgan fingerprint density at radius 1 is 1.32 bits per heavy atom. The lowest BCUT2D eigenvalue weighted by Crippen LogP contribution is -2.39. The zero-order chi connectivity index (χ0) is 24.7. The highest BCUT2D eigenvalue weighted by atomic mass is 16.3. The molecular weight excluding hydrogens is 428 g/mol. The summed E-state index contributed by atoms with van der Waals surface area (Å²) in [6, 6.07) is 7.46. The first-order valence-corrected chi connectivity index (χ1v) is 11.8. The summed E-state index contributed by atoms with van der Waals surface area (Å²) in [6.07, 6.45) is 7.39. The predicted octanol–water partition coefficient (Wildman–Crippen LogP) is 3.93. The molecule has 34 heavy (non-hydrogen) atoms. The molecule has 8 nitrogen and oxygen atoms in total. The summed E-state index contributed by atoms with van der Waals surface area (Å²) in [5.74, 6) is 0.746. The number of rotatable bonds is 12. The monoisotopic (exact) mass is 464 g/mol. The van der Waals surface area contributed by atoms with Gasteiger partial charge in [0.05, 0.1) is 17.7 Å². The number of hydrogen-bond acceptors (Lipinski definition) is 7. The topological polar surface area (TPSA) is 120 Å². The van der Waals surface area contributed by atoms with Crippen molar-refractivity contribution in [1.82, 2.24) is 19.9 Å². The first-order chi connectivity index (χ1) is 16.3. The fourth-order valence-electron chi connectivity index (χ4n) is 4.03. The molecule has 0 saturated carbocycles. The molecule has 0 fully saturated rings. The van der Waals surface area contributed by atoms with E-state index in [1.54, 1.807) is 12.3 Å². The summed E-state index contributed by atoms with van der Waals surface area (Å²) in [5.41, 5.74) is 8.79. The van der Waals surface area contributed by atoms with Crippen LogP contribution in [-0.4, -0.2) is 50.7 Å². The maximum atomic E-state index is 12.2. The van der Waals surface area contributed by atoms with Crippen molar-refractivity contribution in [3.63, 3.8) is 0 Å². The number of unbranched alkanes of at least 4 members (excludes halogenated alkanes) is 1. The molecular formula is C26H36N6O2. The highest BCUT2D eigenvalue weighted by Gasteiger charge is 2.24. The molecule has 0 bridgehead atoms. The first kappa shape index (κ1) is 25.4. The molecule has 5 N–H and O–H groups in total. The summed E-state index contributed by atoms with van der Waals surface area (Å²) in [4.78, 5) is 26.0. The van der Waals surface area contributed by atoms with Crippen molar-refractivity contribution in [2.75, 3.05) is 31.2 Å². The Labute approximate surface area is 200 Å². The number of aromatic nitrogens is 3. The molecule has 0 unspecified atom stereocenters. The second-order valence-electron chi connectivity index (χ2n) is 9.16. The van der Waals surface area contributed by atoms with Gasteiger partial charge in [0.2, 0.25) is 11.5 Å². The zero-order valence-corrected chi connectivity index (χ0v) is 20.4. The van der Waals surface area contributed by atoms with E-state index in [0.717, 1.165) is 54.3 Å². The summed E-state index contributed by atoms with van der Waals surface area (Å²) >= 11 is 0. The summed E-state index contributed by atoms with van der Waals surface area (Å²) in [7, 11) is 2.04. The van der Waals surface area contributed by atoms with Crippen LogP contribution in [0, 0.1) is 0 Å². The zero-order valence-electron chi connectivity index (χ0n) is 20.4. The Hall–Kier alpha value is -3.23. The van der Waals surface area contributed by atoms with Crippen LogP contribution in [0.4, 0.5) is 11.8 Å². The van der Waals surface area contributed by atoms with Gasteiger partial charge in [-0.05, 0) is 55.6 Å². The maximum Gasteiger partial charge on any atom is 0.248 e. The van der Waals surface area contributed by atoms with Gasteiger partial charge >= 0.3 is 0 Å². The Morgan fingerprint density at radius 2 is 2.12 bits per heavy atom. The van der Waals surface area contributed by atoms with Gasteiger partial charge in [0.25, 0.3) is 0 Å². The molecule has 1 aromatic carbocycles. The smallest absolute Gasteiger partial charge is 0.248 e. The van der Waals surface area contributed by atoms with E-state index in [2.05, 4.69) is 38.7 Å². The predicted molar refractivity (Wildman–Crippen MR) is 140 cm³/mol. The van der Waals surface area contributed by atoms with Gasteiger partial charge in [0.15, 0.2) is 0 Å². The van der Waals surface area contributed by atoms with E-state index in [-0.39, 0.29) is 18.1 Å². The molecule has 0 radical (unpaired) electrons. The molecule has 0 aliphatic heterocycles. The second kappa shape index (κ2) is 11.3. The van der Waals surface area contributed by atoms with Crippen LogP contribution in [-0.2, 0) is 6.54 Å². The average molecular weight is 465 g/mol. The number of pyridine rings is 1. The number of nitrogens with zero attached hydrogens (tertiary/aromatic N) is 3. The third-order valence-electron chi connectivity index (χ3n) is 6.04. The van der Waals surface area contributed by atoms with E-state index < -0.39 is 5.54 Å². The molecule has 8 heteroatoms. The Bertz CT molecular complexity index is 1190. The van der Waals surface area contributed by atoms with Crippen molar-refractivity contribution >= 4 is 22.7 Å². The van der Waals surface area contributed by atoms with Crippen LogP contribution in [0.1, 0.15) is 45.1 Å². The van der Waals surface area contributed by atoms with Crippen LogP contribution in [0.25, 0.3) is 22.0 Å². The highest BCUT2D eigenvalue weighted by molar-refractivity contribution is 5.93. The second-order valence-corrected chi connectivity index (χ2v) is 9.16. The van der Waals surface area contributed by atoms with Crippen molar-refractivity contribution in [2.45, 2.75) is 51.6 Å². The van der Waals surface area contributed by atoms with E-state index in [4.69, 9.17) is 5.73 Å². The molecule has 2 aromatic heterocycles. The molecule has 2 heterocycles. The number of fused-ring (bicyclic) bond motifs is 1. The van der Waals surface area contributed by atoms with E-state index in [0.29, 0.717) is 17.9 Å². The Morgan fingerprint density at radius 3 is 2.82 bits per heavy atom. The van der Waals surface area contributed by atoms with Crippen LogP contribution < -0.4 is 16.6 Å². The summed E-state index contributed by atoms with van der Waals surface area (Å²) in [6.45, 7) is 9.42. The van der Waals surface area contributed by atoms with Gasteiger partial charge in [-0.3, -0.25) is 4.79 Å². The minimum atomic E-state index is -0.516. The van der Waals surface area contributed by atoms with E-state index in [1.165, 1.54) is 0 Å². The van der Waals surface area contributed by atoms with Crippen LogP contribution in [0.2, 0.25) is 0 Å². The number of aliphatic hydroxyl groups excluding tert-OH is 1. The number of benzene rings is 1. The fourth-order valence-corrected chi connectivity index (χ4v) is 4.03. The minimum Gasteiger partial charge on any atom is -0.394 e. The van der Waals surface area contributed by atoms with Gasteiger partial charge in [0, 0.05) is 30.7 Å². The summed E-state index contributed by atoms with van der Waals surface area (Å²) < 4.78 is 0. The molecule has 0 aliphatic carbocycles. The van der Waals surface area contributed by atoms with Crippen molar-refractivity contribution in [3.8, 4) is 11.1 Å². The lowest BCUT2D eigenvalue weighted by atomic mass is 9.95. The van der Waals surface area contributed by atoms with Crippen molar-refractivity contribution in [3.05, 3.63) is 59.0 Å². The quantitative estimate of drug-likeness (QED) is 0.300. The minimum absolute atomic E-state index is 0.0218. The SMILES string of the molecule is C=CCCN(C)Cc1c[nH]c(=O)cc1-c1ccc2c(N[C@@](C)(CO)CCCC)nc(N)nc2c1. The molecule has 3 rings (SSSR count). The third-order valence-corrected chi connectivity index (χ3v) is 6.04. The largest absolute Gasteiger partial charge is 0.394 e. The number of hydrogen-bond donors (Lipinski definition) is 4. The van der Waals surface area contributed by atoms with Crippen LogP contribution in [0.5, 0.6) is 0 Å². The van der Waals surface area contributed by atoms with Crippen molar-refractivity contribution in [1.29, 1.82) is 0 Å². The van der Waals surface area contributed by atoms with Gasteiger partial charge < -0.3 is 26.0 Å². The van der Waals surface area contributed by atoms with Crippen molar-refractivity contribution < 1.29 is 5.11 Å². The number of nitrogens with one attached hydrogen (secondary N) is 2. The molecule has 0 spiro atoms. The molecule has 182 valence electrons. The van der Waals surface area contributed by atoms with Crippen LogP contribution in [0.3, 0.4) is 0 Å². The number of H-pyrrole nitrogens is 1. The Kier molecular flexibility index (Phi) is 8.41. The fraction of sp³-hybridized carbons (Fsp3) is 0.423. The Balaban J connectivity index is 2.01. The van der Waals surface area contributed by atoms with Gasteiger partial charge in [-0.2, -0.15) is 4.98 Å². The number of anilines is 2. The van der Waals surface area contributed by atoms with Gasteiger partial charge in [-0.15, -0.1) is 6.58 Å². The van der Waals surface area contributed by atoms with E-state index in [1.807, 2.05) is 38.2 Å². The summed E-state index contributed by atoms with van der Waals surface area (Å²) in [5, 5.41) is 14.2. The molecule has 0 aliphatic rings. The van der Waals surface area contributed by atoms with Crippen LogP contribution >= 0.6 is 0 Å². The van der Waals surface area contributed by atoms with E-state index >= 15 is 0 Å². The number of aliphatic hydroxyl groups is 1. The lowest BCUT2D eigenvalue weighted by Gasteiger charge is -2.30. The van der Waals surface area contributed by atoms with Gasteiger partial charge in [-0.1, -0.05) is 31.9 Å². The van der Waals surface area contributed by atoms with Crippen LogP contribution in [0.15, 0.2) is 47.9 Å². The molecule has 3 aromatic rings.